The Morgan fingerprint density at radius 2 is 2.07 bits per heavy atom. The quantitative estimate of drug-likeness (QED) is 0.494. The third-order valence-electron chi connectivity index (χ3n) is 1.82. The lowest BCUT2D eigenvalue weighted by Gasteiger charge is -2.18. The molecule has 15 heavy (non-hydrogen) atoms. The summed E-state index contributed by atoms with van der Waals surface area (Å²) in [6.07, 6.45) is 1.37. The molecule has 0 radical (unpaired) electrons. The van der Waals surface area contributed by atoms with E-state index in [1.807, 2.05) is 6.92 Å². The predicted octanol–water partition coefficient (Wildman–Crippen LogP) is 1.36. The maximum absolute atomic E-state index is 11.2. The molecular weight excluding hydrogens is 194 g/mol. The van der Waals surface area contributed by atoms with Crippen molar-refractivity contribution < 1.29 is 14.3 Å². The summed E-state index contributed by atoms with van der Waals surface area (Å²) in [7, 11) is 0. The highest BCUT2D eigenvalue weighted by Gasteiger charge is 2.11. The molecule has 0 saturated carbocycles. The molecule has 1 amide bonds. The molecule has 0 aliphatic rings. The molecule has 0 aromatic carbocycles. The van der Waals surface area contributed by atoms with E-state index in [9.17, 15) is 9.59 Å². The number of hydrogen-bond donors (Lipinski definition) is 0. The number of carbonyl (C=O) groups excluding carboxylic acids is 2. The zero-order valence-corrected chi connectivity index (χ0v) is 9.66. The number of esters is 1. The molecule has 86 valence electrons. The average Bonchev–Trinajstić information content (AvgIpc) is 2.17. The summed E-state index contributed by atoms with van der Waals surface area (Å²) in [5.41, 5.74) is 0. The average molecular weight is 213 g/mol. The zero-order valence-electron chi connectivity index (χ0n) is 9.66. The maximum Gasteiger partial charge on any atom is 0.307 e. The molecule has 0 unspecified atom stereocenters. The van der Waals surface area contributed by atoms with E-state index >= 15 is 0 Å². The highest BCUT2D eigenvalue weighted by atomic mass is 16.5. The Kier molecular flexibility index (Phi) is 6.42. The molecule has 0 bridgehead atoms. The van der Waals surface area contributed by atoms with Gasteiger partial charge in [0.2, 0.25) is 5.91 Å². The Labute approximate surface area is 90.9 Å². The Balaban J connectivity index is 3.95. The summed E-state index contributed by atoms with van der Waals surface area (Å²) in [5.74, 6) is -0.435. The standard InChI is InChI=1S/C11H19NO3/c1-5-10(13)12(6-2)8-7-11(14)15-9(3)4/h5,9H,1,6-8H2,2-4H3. The van der Waals surface area contributed by atoms with Crippen LogP contribution in [0.2, 0.25) is 0 Å². The Hall–Kier alpha value is -1.32. The molecule has 0 N–H and O–H groups in total. The van der Waals surface area contributed by atoms with Gasteiger partial charge in [-0.1, -0.05) is 6.58 Å². The fourth-order valence-corrected chi connectivity index (χ4v) is 1.10. The molecule has 0 aromatic rings. The summed E-state index contributed by atoms with van der Waals surface area (Å²) in [6, 6.07) is 0. The van der Waals surface area contributed by atoms with Crippen molar-refractivity contribution in [1.29, 1.82) is 0 Å². The molecule has 0 saturated heterocycles. The van der Waals surface area contributed by atoms with Crippen molar-refractivity contribution in [3.05, 3.63) is 12.7 Å². The third kappa shape index (κ3) is 5.88. The van der Waals surface area contributed by atoms with E-state index in [0.29, 0.717) is 13.1 Å². The number of ether oxygens (including phenoxy) is 1. The van der Waals surface area contributed by atoms with E-state index in [1.165, 1.54) is 6.08 Å². The lowest BCUT2D eigenvalue weighted by molar-refractivity contribution is -0.147. The fraction of sp³-hybridized carbons (Fsp3) is 0.636. The number of carbonyl (C=O) groups is 2. The summed E-state index contributed by atoms with van der Waals surface area (Å²) >= 11 is 0. The summed E-state index contributed by atoms with van der Waals surface area (Å²) in [5, 5.41) is 0. The highest BCUT2D eigenvalue weighted by molar-refractivity contribution is 5.87. The first-order chi connectivity index (χ1) is 7.01. The van der Waals surface area contributed by atoms with Gasteiger partial charge < -0.3 is 9.64 Å². The van der Waals surface area contributed by atoms with Gasteiger partial charge in [0, 0.05) is 13.1 Å². The maximum atomic E-state index is 11.2. The van der Waals surface area contributed by atoms with Crippen molar-refractivity contribution in [2.24, 2.45) is 0 Å². The Morgan fingerprint density at radius 3 is 2.47 bits per heavy atom. The molecule has 0 aliphatic heterocycles. The topological polar surface area (TPSA) is 46.6 Å². The number of nitrogens with zero attached hydrogens (tertiary/aromatic N) is 1. The van der Waals surface area contributed by atoms with E-state index in [4.69, 9.17) is 4.74 Å². The van der Waals surface area contributed by atoms with Crippen LogP contribution in [0.15, 0.2) is 12.7 Å². The van der Waals surface area contributed by atoms with Crippen molar-refractivity contribution in [3.8, 4) is 0 Å². The first kappa shape index (κ1) is 13.7. The minimum atomic E-state index is -0.277. The minimum absolute atomic E-state index is 0.109. The minimum Gasteiger partial charge on any atom is -0.463 e. The van der Waals surface area contributed by atoms with E-state index in [0.717, 1.165) is 0 Å². The number of rotatable bonds is 6. The second-order valence-corrected chi connectivity index (χ2v) is 3.41. The van der Waals surface area contributed by atoms with Crippen LogP contribution in [-0.4, -0.2) is 36.0 Å². The van der Waals surface area contributed by atoms with Gasteiger partial charge in [-0.25, -0.2) is 0 Å². The van der Waals surface area contributed by atoms with Gasteiger partial charge in [0.25, 0.3) is 0 Å². The number of likely N-dealkylation sites (N-methyl/N-ethyl adjacent to an activating group) is 1. The summed E-state index contributed by atoms with van der Waals surface area (Å²) in [6.45, 7) is 9.80. The van der Waals surface area contributed by atoms with Crippen LogP contribution in [0.5, 0.6) is 0 Å². The van der Waals surface area contributed by atoms with Crippen LogP contribution in [0.4, 0.5) is 0 Å². The van der Waals surface area contributed by atoms with Gasteiger partial charge in [0.05, 0.1) is 12.5 Å². The van der Waals surface area contributed by atoms with E-state index in [-0.39, 0.29) is 24.4 Å². The van der Waals surface area contributed by atoms with Crippen LogP contribution >= 0.6 is 0 Å². The Morgan fingerprint density at radius 1 is 1.47 bits per heavy atom. The van der Waals surface area contributed by atoms with Gasteiger partial charge in [-0.2, -0.15) is 0 Å². The van der Waals surface area contributed by atoms with Crippen LogP contribution < -0.4 is 0 Å². The van der Waals surface area contributed by atoms with Gasteiger partial charge in [0.15, 0.2) is 0 Å². The van der Waals surface area contributed by atoms with Gasteiger partial charge in [-0.15, -0.1) is 0 Å². The zero-order chi connectivity index (χ0) is 11.8. The summed E-state index contributed by atoms with van der Waals surface area (Å²) in [4.78, 5) is 24.0. The van der Waals surface area contributed by atoms with Crippen LogP contribution in [-0.2, 0) is 14.3 Å². The molecule has 0 rings (SSSR count). The molecular formula is C11H19NO3. The fourth-order valence-electron chi connectivity index (χ4n) is 1.10. The van der Waals surface area contributed by atoms with Gasteiger partial charge in [0.1, 0.15) is 0 Å². The third-order valence-corrected chi connectivity index (χ3v) is 1.82. The van der Waals surface area contributed by atoms with Gasteiger partial charge in [-0.3, -0.25) is 9.59 Å². The molecule has 4 nitrogen and oxygen atoms in total. The second kappa shape index (κ2) is 7.04. The lowest BCUT2D eigenvalue weighted by atomic mass is 10.3. The molecule has 4 heteroatoms. The van der Waals surface area contributed by atoms with Crippen molar-refractivity contribution in [3.63, 3.8) is 0 Å². The van der Waals surface area contributed by atoms with Crippen LogP contribution in [0.1, 0.15) is 27.2 Å². The SMILES string of the molecule is C=CC(=O)N(CC)CCC(=O)OC(C)C. The van der Waals surface area contributed by atoms with Crippen LogP contribution in [0, 0.1) is 0 Å². The monoisotopic (exact) mass is 213 g/mol. The van der Waals surface area contributed by atoms with Gasteiger partial charge in [-0.05, 0) is 26.8 Å². The molecule has 0 fully saturated rings. The largest absolute Gasteiger partial charge is 0.463 e. The van der Waals surface area contributed by atoms with Crippen molar-refractivity contribution in [2.45, 2.75) is 33.3 Å². The van der Waals surface area contributed by atoms with Crippen LogP contribution in [0.25, 0.3) is 0 Å². The van der Waals surface area contributed by atoms with E-state index in [1.54, 1.807) is 18.7 Å². The van der Waals surface area contributed by atoms with Crippen molar-refractivity contribution in [1.82, 2.24) is 4.90 Å². The number of hydrogen-bond acceptors (Lipinski definition) is 3. The predicted molar refractivity (Wildman–Crippen MR) is 58.3 cm³/mol. The normalized spacial score (nSPS) is 9.87. The summed E-state index contributed by atoms with van der Waals surface area (Å²) < 4.78 is 4.96. The first-order valence-corrected chi connectivity index (χ1v) is 5.12. The molecule has 0 aliphatic carbocycles. The van der Waals surface area contributed by atoms with Crippen molar-refractivity contribution >= 4 is 11.9 Å². The van der Waals surface area contributed by atoms with Crippen molar-refractivity contribution in [2.75, 3.05) is 13.1 Å². The highest BCUT2D eigenvalue weighted by Crippen LogP contribution is 1.98. The Bertz CT molecular complexity index is 236. The smallest absolute Gasteiger partial charge is 0.307 e. The first-order valence-electron chi connectivity index (χ1n) is 5.12. The lowest BCUT2D eigenvalue weighted by Crippen LogP contribution is -2.31. The second-order valence-electron chi connectivity index (χ2n) is 3.41. The van der Waals surface area contributed by atoms with Gasteiger partial charge >= 0.3 is 5.97 Å². The molecule has 0 atom stereocenters. The molecule has 0 aromatic heterocycles. The molecule has 0 spiro atoms. The molecule has 0 heterocycles. The number of amides is 1. The van der Waals surface area contributed by atoms with Crippen LogP contribution in [0.3, 0.4) is 0 Å². The van der Waals surface area contributed by atoms with E-state index in [2.05, 4.69) is 6.58 Å². The van der Waals surface area contributed by atoms with E-state index < -0.39 is 0 Å².